The predicted molar refractivity (Wildman–Crippen MR) is 78.7 cm³/mol. The van der Waals surface area contributed by atoms with E-state index in [1.807, 2.05) is 13.8 Å². The number of hydrogen-bond donors (Lipinski definition) is 2. The summed E-state index contributed by atoms with van der Waals surface area (Å²) in [7, 11) is 0. The molecule has 0 radical (unpaired) electrons. The first-order valence-electron chi connectivity index (χ1n) is 7.42. The Morgan fingerprint density at radius 1 is 1.45 bits per heavy atom. The van der Waals surface area contributed by atoms with Crippen molar-refractivity contribution in [1.82, 2.24) is 9.88 Å². The molecule has 7 heteroatoms. The average Bonchev–Trinajstić information content (AvgIpc) is 2.53. The van der Waals surface area contributed by atoms with Crippen LogP contribution in [-0.4, -0.2) is 70.6 Å². The van der Waals surface area contributed by atoms with Crippen LogP contribution in [0.2, 0.25) is 0 Å². The third-order valence-corrected chi connectivity index (χ3v) is 3.65. The van der Waals surface area contributed by atoms with Crippen molar-refractivity contribution in [1.29, 1.82) is 0 Å². The molecule has 1 aromatic heterocycles. The van der Waals surface area contributed by atoms with Gasteiger partial charge < -0.3 is 24.6 Å². The molecular weight excluding hydrogens is 288 g/mol. The van der Waals surface area contributed by atoms with Gasteiger partial charge in [0.15, 0.2) is 0 Å². The standard InChI is InChI=1S/C15H22N2O5/c1-3-17(11-8-21-9-12(18)13(11)19)15(20)10-6-5-7-16-14(10)22-4-2/h5-7,11-13,18-19H,3-4,8-9H2,1-2H3/t11-,12-,13+/m1/s1. The van der Waals surface area contributed by atoms with Crippen LogP contribution in [0.4, 0.5) is 0 Å². The van der Waals surface area contributed by atoms with Crippen molar-refractivity contribution < 1.29 is 24.5 Å². The fraction of sp³-hybridized carbons (Fsp3) is 0.600. The lowest BCUT2D eigenvalue weighted by Crippen LogP contribution is -2.57. The van der Waals surface area contributed by atoms with Gasteiger partial charge in [-0.3, -0.25) is 4.79 Å². The summed E-state index contributed by atoms with van der Waals surface area (Å²) >= 11 is 0. The molecule has 0 bridgehead atoms. The molecule has 1 amide bonds. The molecule has 0 aromatic carbocycles. The van der Waals surface area contributed by atoms with Crippen molar-refractivity contribution in [3.05, 3.63) is 23.9 Å². The number of aromatic nitrogens is 1. The number of rotatable bonds is 5. The van der Waals surface area contributed by atoms with Gasteiger partial charge in [-0.15, -0.1) is 0 Å². The van der Waals surface area contributed by atoms with Crippen molar-refractivity contribution in [3.63, 3.8) is 0 Å². The summed E-state index contributed by atoms with van der Waals surface area (Å²) in [6, 6.07) is 2.69. The maximum absolute atomic E-state index is 12.8. The first kappa shape index (κ1) is 16.7. The van der Waals surface area contributed by atoms with E-state index in [2.05, 4.69) is 4.98 Å². The molecule has 2 heterocycles. The predicted octanol–water partition coefficient (Wildman–Crippen LogP) is 0.0630. The molecule has 22 heavy (non-hydrogen) atoms. The van der Waals surface area contributed by atoms with Crippen molar-refractivity contribution in [2.75, 3.05) is 26.4 Å². The van der Waals surface area contributed by atoms with Crippen LogP contribution < -0.4 is 4.74 Å². The second kappa shape index (κ2) is 7.53. The lowest BCUT2D eigenvalue weighted by molar-refractivity contribution is -0.125. The highest BCUT2D eigenvalue weighted by Gasteiger charge is 2.37. The van der Waals surface area contributed by atoms with E-state index in [0.717, 1.165) is 0 Å². The van der Waals surface area contributed by atoms with Gasteiger partial charge >= 0.3 is 0 Å². The lowest BCUT2D eigenvalue weighted by atomic mass is 10.0. The summed E-state index contributed by atoms with van der Waals surface area (Å²) in [6.07, 6.45) is -0.480. The van der Waals surface area contributed by atoms with Gasteiger partial charge in [-0.1, -0.05) is 0 Å². The van der Waals surface area contributed by atoms with Gasteiger partial charge in [0.25, 0.3) is 5.91 Å². The fourth-order valence-corrected chi connectivity index (χ4v) is 2.53. The van der Waals surface area contributed by atoms with E-state index in [0.29, 0.717) is 18.7 Å². The summed E-state index contributed by atoms with van der Waals surface area (Å²) < 4.78 is 10.6. The number of pyridine rings is 1. The van der Waals surface area contributed by atoms with Gasteiger partial charge in [0.1, 0.15) is 17.8 Å². The maximum Gasteiger partial charge on any atom is 0.259 e. The van der Waals surface area contributed by atoms with Crippen LogP contribution >= 0.6 is 0 Å². The zero-order valence-corrected chi connectivity index (χ0v) is 12.8. The van der Waals surface area contributed by atoms with E-state index in [-0.39, 0.29) is 25.0 Å². The Hall–Kier alpha value is -1.70. The van der Waals surface area contributed by atoms with Crippen molar-refractivity contribution in [2.45, 2.75) is 32.1 Å². The molecule has 1 fully saturated rings. The minimum atomic E-state index is -1.04. The third-order valence-electron chi connectivity index (χ3n) is 3.65. The monoisotopic (exact) mass is 310 g/mol. The normalized spacial score (nSPS) is 24.8. The molecule has 2 N–H and O–H groups in total. The van der Waals surface area contributed by atoms with Crippen LogP contribution in [0.1, 0.15) is 24.2 Å². The number of ether oxygens (including phenoxy) is 2. The Kier molecular flexibility index (Phi) is 5.70. The number of carbonyl (C=O) groups is 1. The maximum atomic E-state index is 12.8. The average molecular weight is 310 g/mol. The first-order chi connectivity index (χ1) is 10.6. The molecule has 0 saturated carbocycles. The number of nitrogens with zero attached hydrogens (tertiary/aromatic N) is 2. The smallest absolute Gasteiger partial charge is 0.259 e. The summed E-state index contributed by atoms with van der Waals surface area (Å²) in [6.45, 7) is 4.65. The van der Waals surface area contributed by atoms with E-state index in [1.165, 1.54) is 4.90 Å². The molecular formula is C15H22N2O5. The van der Waals surface area contributed by atoms with E-state index in [1.54, 1.807) is 18.3 Å². The highest BCUT2D eigenvalue weighted by molar-refractivity contribution is 5.96. The Bertz CT molecular complexity index is 510. The van der Waals surface area contributed by atoms with Gasteiger partial charge in [0.05, 0.1) is 25.9 Å². The number of hydrogen-bond acceptors (Lipinski definition) is 6. The molecule has 1 aliphatic rings. The molecule has 1 aliphatic heterocycles. The molecule has 0 spiro atoms. The van der Waals surface area contributed by atoms with E-state index in [9.17, 15) is 15.0 Å². The lowest BCUT2D eigenvalue weighted by Gasteiger charge is -2.39. The zero-order valence-electron chi connectivity index (χ0n) is 12.8. The van der Waals surface area contributed by atoms with Gasteiger partial charge in [-0.2, -0.15) is 0 Å². The van der Waals surface area contributed by atoms with Crippen molar-refractivity contribution >= 4 is 5.91 Å². The largest absolute Gasteiger partial charge is 0.477 e. The molecule has 3 atom stereocenters. The van der Waals surface area contributed by atoms with Crippen molar-refractivity contribution in [2.24, 2.45) is 0 Å². The Balaban J connectivity index is 2.25. The number of carbonyl (C=O) groups excluding carboxylic acids is 1. The minimum Gasteiger partial charge on any atom is -0.477 e. The molecule has 0 unspecified atom stereocenters. The highest BCUT2D eigenvalue weighted by atomic mass is 16.5. The fourth-order valence-electron chi connectivity index (χ4n) is 2.53. The van der Waals surface area contributed by atoms with E-state index < -0.39 is 18.2 Å². The van der Waals surface area contributed by atoms with Gasteiger partial charge in [0.2, 0.25) is 5.88 Å². The van der Waals surface area contributed by atoms with Crippen LogP contribution in [0.5, 0.6) is 5.88 Å². The number of likely N-dealkylation sites (N-methyl/N-ethyl adjacent to an activating group) is 1. The number of aliphatic hydroxyl groups is 2. The van der Waals surface area contributed by atoms with Crippen molar-refractivity contribution in [3.8, 4) is 5.88 Å². The quantitative estimate of drug-likeness (QED) is 0.799. The van der Waals surface area contributed by atoms with Crippen LogP contribution in [-0.2, 0) is 4.74 Å². The number of aliphatic hydroxyl groups excluding tert-OH is 2. The number of amides is 1. The molecule has 0 aliphatic carbocycles. The second-order valence-electron chi connectivity index (χ2n) is 5.04. The van der Waals surface area contributed by atoms with Gasteiger partial charge in [-0.05, 0) is 26.0 Å². The highest BCUT2D eigenvalue weighted by Crippen LogP contribution is 2.21. The summed E-state index contributed by atoms with van der Waals surface area (Å²) in [5.74, 6) is -0.0407. The van der Waals surface area contributed by atoms with Gasteiger partial charge in [0, 0.05) is 12.7 Å². The van der Waals surface area contributed by atoms with E-state index >= 15 is 0 Å². The van der Waals surface area contributed by atoms with Crippen LogP contribution in [0.15, 0.2) is 18.3 Å². The molecule has 1 aromatic rings. The molecule has 7 nitrogen and oxygen atoms in total. The Morgan fingerprint density at radius 2 is 2.23 bits per heavy atom. The third kappa shape index (κ3) is 3.37. The molecule has 1 saturated heterocycles. The Morgan fingerprint density at radius 3 is 2.91 bits per heavy atom. The first-order valence-corrected chi connectivity index (χ1v) is 7.42. The molecule has 2 rings (SSSR count). The summed E-state index contributed by atoms with van der Waals surface area (Å²) in [5, 5.41) is 19.9. The van der Waals surface area contributed by atoms with E-state index in [4.69, 9.17) is 9.47 Å². The second-order valence-corrected chi connectivity index (χ2v) is 5.04. The summed E-state index contributed by atoms with van der Waals surface area (Å²) in [5.41, 5.74) is 0.332. The van der Waals surface area contributed by atoms with Crippen LogP contribution in [0.3, 0.4) is 0 Å². The van der Waals surface area contributed by atoms with Gasteiger partial charge in [-0.25, -0.2) is 4.98 Å². The Labute approximate surface area is 129 Å². The SMILES string of the molecule is CCOc1ncccc1C(=O)N(CC)[C@@H]1COC[C@@H](O)[C@H]1O. The molecule has 122 valence electrons. The van der Waals surface area contributed by atoms with Crippen LogP contribution in [0, 0.1) is 0 Å². The zero-order chi connectivity index (χ0) is 16.1. The summed E-state index contributed by atoms with van der Waals surface area (Å²) in [4.78, 5) is 18.3. The topological polar surface area (TPSA) is 92.1 Å². The van der Waals surface area contributed by atoms with Crippen LogP contribution in [0.25, 0.3) is 0 Å². The minimum absolute atomic E-state index is 0.0699.